The highest BCUT2D eigenvalue weighted by atomic mass is 19.4. The highest BCUT2D eigenvalue weighted by molar-refractivity contribution is 5.88. The van der Waals surface area contributed by atoms with E-state index in [9.17, 15) is 31.6 Å². The van der Waals surface area contributed by atoms with Gasteiger partial charge in [-0.25, -0.2) is 0 Å². The van der Waals surface area contributed by atoms with Gasteiger partial charge in [0.15, 0.2) is 5.82 Å². The summed E-state index contributed by atoms with van der Waals surface area (Å²) in [5.41, 5.74) is -1.69. The molecule has 3 heterocycles. The second-order valence-electron chi connectivity index (χ2n) is 7.90. The number of aromatic nitrogens is 4. The Balaban J connectivity index is 1.56. The van der Waals surface area contributed by atoms with Gasteiger partial charge in [0, 0.05) is 28.4 Å². The quantitative estimate of drug-likeness (QED) is 0.341. The number of hydrogen-bond acceptors (Lipinski definition) is 5. The number of halogens is 6. The zero-order valence-corrected chi connectivity index (χ0v) is 17.1. The highest BCUT2D eigenvalue weighted by Gasteiger charge is 2.38. The molecule has 5 rings (SSSR count). The lowest BCUT2D eigenvalue weighted by Gasteiger charge is -2.11. The van der Waals surface area contributed by atoms with E-state index in [4.69, 9.17) is 4.52 Å². The van der Waals surface area contributed by atoms with E-state index in [1.54, 1.807) is 10.6 Å². The van der Waals surface area contributed by atoms with Gasteiger partial charge in [0.25, 0.3) is 5.89 Å². The van der Waals surface area contributed by atoms with Crippen molar-refractivity contribution in [1.82, 2.24) is 19.7 Å². The molecule has 1 aliphatic rings. The van der Waals surface area contributed by atoms with Crippen molar-refractivity contribution in [2.75, 3.05) is 0 Å². The topological polar surface area (TPSA) is 80.5 Å². The standard InChI is InChI=1S/C22H13F6N5O/c23-21(24,25)17-7-12(5-6-30-17)20-31-18(32-34-20)10-33-15-4-3-13(9-29)19(22(26,27)28)14(15)8-16(33)11-1-2-11/h3-8,11H,1-2,10H2. The van der Waals surface area contributed by atoms with Crippen LogP contribution in [0.25, 0.3) is 22.4 Å². The van der Waals surface area contributed by atoms with Gasteiger partial charge in [-0.3, -0.25) is 4.98 Å². The van der Waals surface area contributed by atoms with Gasteiger partial charge in [-0.1, -0.05) is 5.16 Å². The van der Waals surface area contributed by atoms with Crippen molar-refractivity contribution in [3.8, 4) is 17.5 Å². The van der Waals surface area contributed by atoms with Crippen molar-refractivity contribution in [2.45, 2.75) is 37.7 Å². The Morgan fingerprint density at radius 3 is 2.47 bits per heavy atom. The first-order valence-electron chi connectivity index (χ1n) is 10.1. The molecule has 1 aromatic carbocycles. The molecule has 1 fully saturated rings. The molecule has 4 aromatic rings. The van der Waals surface area contributed by atoms with Crippen molar-refractivity contribution < 1.29 is 30.9 Å². The lowest BCUT2D eigenvalue weighted by atomic mass is 10.0. The summed E-state index contributed by atoms with van der Waals surface area (Å²) >= 11 is 0. The monoisotopic (exact) mass is 477 g/mol. The normalized spacial score (nSPS) is 14.5. The van der Waals surface area contributed by atoms with Gasteiger partial charge in [0.2, 0.25) is 0 Å². The number of nitriles is 1. The minimum atomic E-state index is -4.73. The van der Waals surface area contributed by atoms with E-state index in [1.165, 1.54) is 18.2 Å². The molecule has 0 amide bonds. The van der Waals surface area contributed by atoms with Crippen molar-refractivity contribution in [2.24, 2.45) is 0 Å². The molecule has 0 bridgehead atoms. The van der Waals surface area contributed by atoms with Gasteiger partial charge in [-0.2, -0.15) is 36.6 Å². The molecule has 3 aromatic heterocycles. The van der Waals surface area contributed by atoms with Crippen LogP contribution in [-0.2, 0) is 18.9 Å². The molecule has 0 aliphatic heterocycles. The third-order valence-corrected chi connectivity index (χ3v) is 5.58. The lowest BCUT2D eigenvalue weighted by Crippen LogP contribution is -2.09. The number of alkyl halides is 6. The van der Waals surface area contributed by atoms with Crippen LogP contribution in [0.3, 0.4) is 0 Å². The van der Waals surface area contributed by atoms with Crippen LogP contribution in [-0.4, -0.2) is 19.7 Å². The summed E-state index contributed by atoms with van der Waals surface area (Å²) in [6, 6.07) is 7.66. The van der Waals surface area contributed by atoms with Crippen LogP contribution in [0.2, 0.25) is 0 Å². The summed E-state index contributed by atoms with van der Waals surface area (Å²) in [7, 11) is 0. The van der Waals surface area contributed by atoms with Crippen molar-refractivity contribution >= 4 is 10.9 Å². The van der Waals surface area contributed by atoms with Gasteiger partial charge < -0.3 is 9.09 Å². The van der Waals surface area contributed by atoms with Gasteiger partial charge in [-0.05, 0) is 49.1 Å². The molecule has 34 heavy (non-hydrogen) atoms. The fourth-order valence-electron chi connectivity index (χ4n) is 3.94. The average Bonchev–Trinajstić information content (AvgIpc) is 3.41. The zero-order chi connectivity index (χ0) is 24.3. The second-order valence-corrected chi connectivity index (χ2v) is 7.90. The minimum Gasteiger partial charge on any atom is -0.337 e. The van der Waals surface area contributed by atoms with E-state index in [2.05, 4.69) is 15.1 Å². The molecular weight excluding hydrogens is 464 g/mol. The summed E-state index contributed by atoms with van der Waals surface area (Å²) in [6.45, 7) is -0.0563. The molecule has 0 atom stereocenters. The molecule has 1 saturated carbocycles. The Hall–Kier alpha value is -3.88. The Kier molecular flexibility index (Phi) is 4.89. The van der Waals surface area contributed by atoms with Gasteiger partial charge >= 0.3 is 12.4 Å². The first-order chi connectivity index (χ1) is 16.1. The number of nitrogens with zero attached hydrogens (tertiary/aromatic N) is 5. The molecule has 0 saturated heterocycles. The molecule has 6 nitrogen and oxygen atoms in total. The predicted molar refractivity (Wildman–Crippen MR) is 105 cm³/mol. The van der Waals surface area contributed by atoms with E-state index in [1.807, 2.05) is 0 Å². The van der Waals surface area contributed by atoms with Crippen LogP contribution >= 0.6 is 0 Å². The summed E-state index contributed by atoms with van der Waals surface area (Å²) in [5.74, 6) is -0.0345. The lowest BCUT2D eigenvalue weighted by molar-refractivity contribution is -0.141. The predicted octanol–water partition coefficient (Wildman–Crippen LogP) is 5.92. The molecular formula is C22H13F6N5O. The third-order valence-electron chi connectivity index (χ3n) is 5.58. The number of fused-ring (bicyclic) bond motifs is 1. The van der Waals surface area contributed by atoms with Crippen molar-refractivity contribution in [1.29, 1.82) is 5.26 Å². The van der Waals surface area contributed by atoms with E-state index in [0.717, 1.165) is 31.2 Å². The fraction of sp³-hybridized carbons (Fsp3) is 0.273. The molecule has 0 N–H and O–H groups in total. The molecule has 0 spiro atoms. The third kappa shape index (κ3) is 3.87. The van der Waals surface area contributed by atoms with E-state index in [-0.39, 0.29) is 40.6 Å². The fourth-order valence-corrected chi connectivity index (χ4v) is 3.94. The van der Waals surface area contributed by atoms with Gasteiger partial charge in [0.1, 0.15) is 5.69 Å². The molecule has 0 radical (unpaired) electrons. The Morgan fingerprint density at radius 1 is 1.06 bits per heavy atom. The van der Waals surface area contributed by atoms with E-state index < -0.39 is 29.2 Å². The molecule has 0 unspecified atom stereocenters. The number of pyridine rings is 1. The summed E-state index contributed by atoms with van der Waals surface area (Å²) in [4.78, 5) is 7.43. The SMILES string of the molecule is N#Cc1ccc2c(cc(C3CC3)n2Cc2noc(-c3ccnc(C(F)(F)F)c3)n2)c1C(F)(F)F. The Morgan fingerprint density at radius 2 is 1.82 bits per heavy atom. The molecule has 174 valence electrons. The maximum atomic E-state index is 13.8. The van der Waals surface area contributed by atoms with Crippen LogP contribution in [0.1, 0.15) is 47.1 Å². The average molecular weight is 477 g/mol. The van der Waals surface area contributed by atoms with E-state index in [0.29, 0.717) is 5.69 Å². The number of rotatable bonds is 4. The Bertz CT molecular complexity index is 1440. The summed E-state index contributed by atoms with van der Waals surface area (Å²) in [5, 5.41) is 12.9. The smallest absolute Gasteiger partial charge is 0.337 e. The van der Waals surface area contributed by atoms with Gasteiger partial charge in [-0.15, -0.1) is 0 Å². The second kappa shape index (κ2) is 7.58. The van der Waals surface area contributed by atoms with Gasteiger partial charge in [0.05, 0.1) is 23.7 Å². The molecule has 12 heteroatoms. The Labute approximate surface area is 187 Å². The maximum Gasteiger partial charge on any atom is 0.433 e. The van der Waals surface area contributed by atoms with Crippen LogP contribution < -0.4 is 0 Å². The number of hydrogen-bond donors (Lipinski definition) is 0. The summed E-state index contributed by atoms with van der Waals surface area (Å²) < 4.78 is 86.9. The summed E-state index contributed by atoms with van der Waals surface area (Å²) in [6.07, 6.45) is -6.80. The van der Waals surface area contributed by atoms with Crippen molar-refractivity contribution in [3.05, 3.63) is 64.9 Å². The highest BCUT2D eigenvalue weighted by Crippen LogP contribution is 2.45. The minimum absolute atomic E-state index is 0.0128. The first kappa shape index (κ1) is 21.9. The van der Waals surface area contributed by atoms with Crippen molar-refractivity contribution in [3.63, 3.8) is 0 Å². The van der Waals surface area contributed by atoms with Crippen LogP contribution in [0.4, 0.5) is 26.3 Å². The zero-order valence-electron chi connectivity index (χ0n) is 17.1. The first-order valence-corrected chi connectivity index (χ1v) is 10.1. The van der Waals surface area contributed by atoms with Crippen LogP contribution in [0.15, 0.2) is 41.1 Å². The van der Waals surface area contributed by atoms with E-state index >= 15 is 0 Å². The van der Waals surface area contributed by atoms with Crippen LogP contribution in [0.5, 0.6) is 0 Å². The van der Waals surface area contributed by atoms with Crippen LogP contribution in [0, 0.1) is 11.3 Å². The molecule has 1 aliphatic carbocycles. The maximum absolute atomic E-state index is 13.8. The largest absolute Gasteiger partial charge is 0.433 e. The number of benzene rings is 1.